The van der Waals surface area contributed by atoms with Crippen molar-refractivity contribution >= 4 is 0 Å². The summed E-state index contributed by atoms with van der Waals surface area (Å²) in [5.41, 5.74) is -0.491. The molecule has 0 bridgehead atoms. The molecule has 0 aliphatic carbocycles. The second-order valence-electron chi connectivity index (χ2n) is 3.44. The molecule has 1 unspecified atom stereocenters. The predicted molar refractivity (Wildman–Crippen MR) is 47.8 cm³/mol. The average Bonchev–Trinajstić information content (AvgIpc) is 2.14. The van der Waals surface area contributed by atoms with Crippen LogP contribution in [-0.4, -0.2) is 34.6 Å². The van der Waals surface area contributed by atoms with Gasteiger partial charge in [0.1, 0.15) is 0 Å². The van der Waals surface area contributed by atoms with Crippen LogP contribution in [-0.2, 0) is 0 Å². The first-order valence-corrected chi connectivity index (χ1v) is 4.54. The molecule has 0 amide bonds. The summed E-state index contributed by atoms with van der Waals surface area (Å²) < 4.78 is 0. The second-order valence-corrected chi connectivity index (χ2v) is 3.44. The predicted octanol–water partition coefficient (Wildman–Crippen LogP) is 0.528. The minimum Gasteiger partial charge on any atom is -0.396 e. The highest BCUT2D eigenvalue weighted by molar-refractivity contribution is 4.79. The number of rotatable bonds is 6. The molecule has 74 valence electrons. The molecule has 12 heavy (non-hydrogen) atoms. The Kier molecular flexibility index (Phi) is 5.46. The highest BCUT2D eigenvalue weighted by atomic mass is 16.3. The third-order valence-corrected chi connectivity index (χ3v) is 2.56. The molecule has 1 atom stereocenters. The molecule has 0 aliphatic heterocycles. The van der Waals surface area contributed by atoms with Gasteiger partial charge < -0.3 is 15.3 Å². The Morgan fingerprint density at radius 3 is 1.92 bits per heavy atom. The van der Waals surface area contributed by atoms with Crippen LogP contribution in [0.1, 0.15) is 33.1 Å². The van der Waals surface area contributed by atoms with Crippen LogP contribution in [0.5, 0.6) is 0 Å². The van der Waals surface area contributed by atoms with E-state index in [9.17, 15) is 5.11 Å². The molecular weight excluding hydrogens is 156 g/mol. The summed E-state index contributed by atoms with van der Waals surface area (Å²) in [7, 11) is 0. The van der Waals surface area contributed by atoms with Crippen molar-refractivity contribution in [3.05, 3.63) is 0 Å². The summed E-state index contributed by atoms with van der Waals surface area (Å²) in [6.07, 6.45) is 1.43. The van der Waals surface area contributed by atoms with E-state index in [0.29, 0.717) is 19.3 Å². The molecular formula is C9H20O3. The maximum absolute atomic E-state index is 9.36. The van der Waals surface area contributed by atoms with Crippen LogP contribution in [0.3, 0.4) is 0 Å². The zero-order valence-corrected chi connectivity index (χ0v) is 7.95. The van der Waals surface area contributed by atoms with Crippen molar-refractivity contribution in [3.63, 3.8) is 0 Å². The number of aliphatic hydroxyl groups excluding tert-OH is 3. The number of hydrogen-bond acceptors (Lipinski definition) is 3. The molecule has 0 fully saturated rings. The van der Waals surface area contributed by atoms with E-state index in [2.05, 4.69) is 0 Å². The fraction of sp³-hybridized carbons (Fsp3) is 1.00. The first-order valence-electron chi connectivity index (χ1n) is 4.54. The summed E-state index contributed by atoms with van der Waals surface area (Å²) in [6.45, 7) is 3.68. The Labute approximate surface area is 74.0 Å². The lowest BCUT2D eigenvalue weighted by Gasteiger charge is -2.30. The zero-order valence-electron chi connectivity index (χ0n) is 7.95. The van der Waals surface area contributed by atoms with Crippen molar-refractivity contribution in [2.45, 2.75) is 39.2 Å². The SMILES string of the molecule is CCC(O)CC(CC)(CO)CO. The van der Waals surface area contributed by atoms with Gasteiger partial charge in [-0.15, -0.1) is 0 Å². The topological polar surface area (TPSA) is 60.7 Å². The van der Waals surface area contributed by atoms with Crippen LogP contribution >= 0.6 is 0 Å². The van der Waals surface area contributed by atoms with E-state index < -0.39 is 11.5 Å². The minimum absolute atomic E-state index is 0.0585. The summed E-state index contributed by atoms with van der Waals surface area (Å²) in [4.78, 5) is 0. The van der Waals surface area contributed by atoms with E-state index in [4.69, 9.17) is 10.2 Å². The van der Waals surface area contributed by atoms with Crippen molar-refractivity contribution < 1.29 is 15.3 Å². The lowest BCUT2D eigenvalue weighted by molar-refractivity contribution is 0.00299. The monoisotopic (exact) mass is 176 g/mol. The van der Waals surface area contributed by atoms with E-state index in [0.717, 1.165) is 0 Å². The van der Waals surface area contributed by atoms with Crippen LogP contribution in [0.4, 0.5) is 0 Å². The molecule has 0 saturated heterocycles. The van der Waals surface area contributed by atoms with Crippen molar-refractivity contribution in [2.75, 3.05) is 13.2 Å². The molecule has 0 aromatic heterocycles. The fourth-order valence-electron chi connectivity index (χ4n) is 1.19. The van der Waals surface area contributed by atoms with Gasteiger partial charge in [-0.1, -0.05) is 13.8 Å². The Hall–Kier alpha value is -0.120. The van der Waals surface area contributed by atoms with Crippen LogP contribution < -0.4 is 0 Å². The number of hydrogen-bond donors (Lipinski definition) is 3. The van der Waals surface area contributed by atoms with Crippen LogP contribution in [0.25, 0.3) is 0 Å². The van der Waals surface area contributed by atoms with E-state index in [1.165, 1.54) is 0 Å². The quantitative estimate of drug-likeness (QED) is 0.553. The van der Waals surface area contributed by atoms with Crippen LogP contribution in [0, 0.1) is 5.41 Å². The maximum Gasteiger partial charge on any atom is 0.0544 e. The van der Waals surface area contributed by atoms with Gasteiger partial charge in [-0.3, -0.25) is 0 Å². The second kappa shape index (κ2) is 5.51. The molecule has 0 radical (unpaired) electrons. The highest BCUT2D eigenvalue weighted by Gasteiger charge is 2.28. The summed E-state index contributed by atoms with van der Waals surface area (Å²) >= 11 is 0. The molecule has 0 aliphatic rings. The Morgan fingerprint density at radius 2 is 1.67 bits per heavy atom. The number of aliphatic hydroxyl groups is 3. The van der Waals surface area contributed by atoms with E-state index in [-0.39, 0.29) is 13.2 Å². The van der Waals surface area contributed by atoms with Gasteiger partial charge in [0.05, 0.1) is 19.3 Å². The Morgan fingerprint density at radius 1 is 1.17 bits per heavy atom. The zero-order chi connectivity index (χ0) is 9.61. The molecule has 0 heterocycles. The van der Waals surface area contributed by atoms with Gasteiger partial charge in [-0.25, -0.2) is 0 Å². The van der Waals surface area contributed by atoms with Crippen molar-refractivity contribution in [1.82, 2.24) is 0 Å². The molecule has 0 aromatic carbocycles. The van der Waals surface area contributed by atoms with Gasteiger partial charge in [0, 0.05) is 5.41 Å². The smallest absolute Gasteiger partial charge is 0.0544 e. The molecule has 0 rings (SSSR count). The van der Waals surface area contributed by atoms with Crippen molar-refractivity contribution in [3.8, 4) is 0 Å². The highest BCUT2D eigenvalue weighted by Crippen LogP contribution is 2.27. The summed E-state index contributed by atoms with van der Waals surface area (Å²) in [5.74, 6) is 0. The van der Waals surface area contributed by atoms with Gasteiger partial charge in [0.2, 0.25) is 0 Å². The molecule has 3 nitrogen and oxygen atoms in total. The summed E-state index contributed by atoms with van der Waals surface area (Å²) in [6, 6.07) is 0. The fourth-order valence-corrected chi connectivity index (χ4v) is 1.19. The molecule has 0 saturated carbocycles. The van der Waals surface area contributed by atoms with Gasteiger partial charge in [0.25, 0.3) is 0 Å². The molecule has 3 N–H and O–H groups in total. The van der Waals surface area contributed by atoms with Gasteiger partial charge in [-0.05, 0) is 19.3 Å². The minimum atomic E-state index is -0.491. The van der Waals surface area contributed by atoms with E-state index in [1.807, 2.05) is 13.8 Å². The molecule has 0 spiro atoms. The summed E-state index contributed by atoms with van der Waals surface area (Å²) in [5, 5.41) is 27.5. The van der Waals surface area contributed by atoms with Gasteiger partial charge >= 0.3 is 0 Å². The van der Waals surface area contributed by atoms with Crippen LogP contribution in [0.15, 0.2) is 0 Å². The van der Waals surface area contributed by atoms with Gasteiger partial charge in [-0.2, -0.15) is 0 Å². The lowest BCUT2D eigenvalue weighted by atomic mass is 9.81. The largest absolute Gasteiger partial charge is 0.396 e. The van der Waals surface area contributed by atoms with Crippen molar-refractivity contribution in [1.29, 1.82) is 0 Å². The third kappa shape index (κ3) is 3.09. The normalized spacial score (nSPS) is 14.8. The maximum atomic E-state index is 9.36. The Balaban J connectivity index is 4.09. The average molecular weight is 176 g/mol. The standard InChI is InChI=1S/C9H20O3/c1-3-8(12)5-9(4-2,6-10)7-11/h8,10-12H,3-7H2,1-2H3. The van der Waals surface area contributed by atoms with E-state index >= 15 is 0 Å². The first kappa shape index (κ1) is 11.9. The third-order valence-electron chi connectivity index (χ3n) is 2.56. The first-order chi connectivity index (χ1) is 5.64. The van der Waals surface area contributed by atoms with Crippen molar-refractivity contribution in [2.24, 2.45) is 5.41 Å². The molecule has 3 heteroatoms. The molecule has 0 aromatic rings. The van der Waals surface area contributed by atoms with E-state index in [1.54, 1.807) is 0 Å². The van der Waals surface area contributed by atoms with Gasteiger partial charge in [0.15, 0.2) is 0 Å². The Bertz CT molecular complexity index is 102. The van der Waals surface area contributed by atoms with Crippen LogP contribution in [0.2, 0.25) is 0 Å². The lowest BCUT2D eigenvalue weighted by Crippen LogP contribution is -2.33.